The normalized spacial score (nSPS) is 28.5. The summed E-state index contributed by atoms with van der Waals surface area (Å²) in [5.74, 6) is 0.889. The molecule has 0 bridgehead atoms. The van der Waals surface area contributed by atoms with Gasteiger partial charge in [0.2, 0.25) is 0 Å². The first-order chi connectivity index (χ1) is 15.0. The monoisotopic (exact) mass is 447 g/mol. The van der Waals surface area contributed by atoms with Crippen LogP contribution in [0.1, 0.15) is 18.9 Å². The van der Waals surface area contributed by atoms with Crippen LogP contribution in [0.15, 0.2) is 31.0 Å². The molecule has 3 aromatic heterocycles. The number of anilines is 2. The fourth-order valence-electron chi connectivity index (χ4n) is 4.56. The van der Waals surface area contributed by atoms with Crippen LogP contribution in [0.25, 0.3) is 11.2 Å². The predicted molar refractivity (Wildman–Crippen MR) is 114 cm³/mol. The molecule has 3 aromatic rings. The molecule has 0 amide bonds. The van der Waals surface area contributed by atoms with Crippen LogP contribution in [0, 0.1) is 5.92 Å². The van der Waals surface area contributed by atoms with Crippen molar-refractivity contribution in [2.75, 3.05) is 30.0 Å². The summed E-state index contributed by atoms with van der Waals surface area (Å²) >= 11 is 5.93. The Labute approximate surface area is 182 Å². The van der Waals surface area contributed by atoms with Crippen LogP contribution in [0.3, 0.4) is 0 Å². The maximum absolute atomic E-state index is 13.2. The third kappa shape index (κ3) is 3.68. The number of imidazole rings is 1. The van der Waals surface area contributed by atoms with Gasteiger partial charge in [-0.25, -0.2) is 19.9 Å². The second-order valence-corrected chi connectivity index (χ2v) is 8.59. The van der Waals surface area contributed by atoms with Crippen molar-refractivity contribution in [3.05, 3.63) is 36.0 Å². The average molecular weight is 448 g/mol. The van der Waals surface area contributed by atoms with Gasteiger partial charge in [0.1, 0.15) is 23.8 Å². The number of hydrogen-bond donors (Lipinski definition) is 3. The SMILES string of the molecule is OC1C(CF)CC(n2cnc3c(NC4CCN(c5ccc(Cl)cn5)C4)ncnc32)C1O. The van der Waals surface area contributed by atoms with Crippen LogP contribution < -0.4 is 10.2 Å². The minimum atomic E-state index is -1.10. The first kappa shape index (κ1) is 20.3. The maximum atomic E-state index is 13.2. The molecule has 5 rings (SSSR count). The molecule has 31 heavy (non-hydrogen) atoms. The van der Waals surface area contributed by atoms with Gasteiger partial charge >= 0.3 is 0 Å². The zero-order chi connectivity index (χ0) is 21.5. The molecule has 3 N–H and O–H groups in total. The van der Waals surface area contributed by atoms with Crippen molar-refractivity contribution in [1.29, 1.82) is 0 Å². The Hall–Kier alpha value is -2.56. The summed E-state index contributed by atoms with van der Waals surface area (Å²) in [4.78, 5) is 19.7. The van der Waals surface area contributed by atoms with Crippen LogP contribution in [-0.4, -0.2) is 72.7 Å². The Kier molecular flexibility index (Phi) is 5.37. The van der Waals surface area contributed by atoms with E-state index in [1.165, 1.54) is 6.33 Å². The lowest BCUT2D eigenvalue weighted by Crippen LogP contribution is -2.30. The number of pyridine rings is 1. The van der Waals surface area contributed by atoms with Crippen LogP contribution in [-0.2, 0) is 0 Å². The highest BCUT2D eigenvalue weighted by Gasteiger charge is 2.43. The zero-order valence-electron chi connectivity index (χ0n) is 16.6. The Morgan fingerprint density at radius 3 is 2.77 bits per heavy atom. The van der Waals surface area contributed by atoms with Crippen molar-refractivity contribution in [3.8, 4) is 0 Å². The van der Waals surface area contributed by atoms with E-state index in [-0.39, 0.29) is 6.04 Å². The summed E-state index contributed by atoms with van der Waals surface area (Å²) in [6.07, 6.45) is 3.72. The van der Waals surface area contributed by atoms with E-state index in [1.54, 1.807) is 17.1 Å². The molecule has 1 aliphatic heterocycles. The number of hydrogen-bond acceptors (Lipinski definition) is 8. The molecule has 11 heteroatoms. The standard InChI is InChI=1S/C20H23ClFN7O2/c21-12-1-2-15(23-7-12)28-4-3-13(8-28)27-19-16-20(25-9-24-19)29(10-26-16)14-5-11(6-22)17(30)18(14)31/h1-2,7,9-11,13-14,17-18,30-31H,3-6,8H2,(H,24,25,27). The summed E-state index contributed by atoms with van der Waals surface area (Å²) in [7, 11) is 0. The van der Waals surface area contributed by atoms with Crippen molar-refractivity contribution in [3.63, 3.8) is 0 Å². The van der Waals surface area contributed by atoms with E-state index in [0.29, 0.717) is 28.4 Å². The second kappa shape index (κ2) is 8.18. The summed E-state index contributed by atoms with van der Waals surface area (Å²) in [6, 6.07) is 3.39. The van der Waals surface area contributed by atoms with Gasteiger partial charge in [0.15, 0.2) is 11.5 Å². The number of nitrogens with zero attached hydrogens (tertiary/aromatic N) is 6. The summed E-state index contributed by atoms with van der Waals surface area (Å²) in [5, 5.41) is 24.5. The van der Waals surface area contributed by atoms with Crippen molar-refractivity contribution >= 4 is 34.4 Å². The summed E-state index contributed by atoms with van der Waals surface area (Å²) in [6.45, 7) is 0.933. The average Bonchev–Trinajstić information content (AvgIpc) is 3.48. The fraction of sp³-hybridized carbons (Fsp3) is 0.500. The topological polar surface area (TPSA) is 112 Å². The first-order valence-electron chi connectivity index (χ1n) is 10.3. The smallest absolute Gasteiger partial charge is 0.165 e. The molecule has 1 saturated heterocycles. The number of fused-ring (bicyclic) bond motifs is 1. The third-order valence-corrected chi connectivity index (χ3v) is 6.47. The van der Waals surface area contributed by atoms with Crippen LogP contribution >= 0.6 is 11.6 Å². The van der Waals surface area contributed by atoms with Crippen LogP contribution in [0.5, 0.6) is 0 Å². The van der Waals surface area contributed by atoms with E-state index >= 15 is 0 Å². The van der Waals surface area contributed by atoms with E-state index < -0.39 is 30.8 Å². The minimum Gasteiger partial charge on any atom is -0.390 e. The van der Waals surface area contributed by atoms with E-state index in [2.05, 4.69) is 30.2 Å². The predicted octanol–water partition coefficient (Wildman–Crippen LogP) is 1.82. The number of halogens is 2. The molecule has 5 atom stereocenters. The summed E-state index contributed by atoms with van der Waals surface area (Å²) in [5.41, 5.74) is 1.12. The molecule has 4 heterocycles. The van der Waals surface area contributed by atoms with E-state index in [4.69, 9.17) is 11.6 Å². The number of nitrogens with one attached hydrogen (secondary N) is 1. The maximum Gasteiger partial charge on any atom is 0.165 e. The number of aliphatic hydroxyl groups excluding tert-OH is 2. The van der Waals surface area contributed by atoms with Gasteiger partial charge in [0, 0.05) is 31.2 Å². The molecular formula is C20H23ClFN7O2. The molecule has 0 aromatic carbocycles. The number of alkyl halides is 1. The Morgan fingerprint density at radius 1 is 1.16 bits per heavy atom. The molecule has 5 unspecified atom stereocenters. The zero-order valence-corrected chi connectivity index (χ0v) is 17.4. The van der Waals surface area contributed by atoms with Gasteiger partial charge in [-0.1, -0.05) is 11.6 Å². The number of rotatable bonds is 5. The lowest BCUT2D eigenvalue weighted by Gasteiger charge is -2.19. The second-order valence-electron chi connectivity index (χ2n) is 8.16. The molecule has 2 aliphatic rings. The Balaban J connectivity index is 1.34. The van der Waals surface area contributed by atoms with Gasteiger partial charge in [0.05, 0.1) is 30.2 Å². The molecule has 9 nitrogen and oxygen atoms in total. The van der Waals surface area contributed by atoms with Crippen molar-refractivity contribution in [1.82, 2.24) is 24.5 Å². The largest absolute Gasteiger partial charge is 0.390 e. The van der Waals surface area contributed by atoms with E-state index in [1.807, 2.05) is 12.1 Å². The molecular weight excluding hydrogens is 425 g/mol. The fourth-order valence-corrected chi connectivity index (χ4v) is 4.67. The minimum absolute atomic E-state index is 0.149. The molecule has 2 fully saturated rings. The lowest BCUT2D eigenvalue weighted by atomic mass is 10.1. The van der Waals surface area contributed by atoms with Gasteiger partial charge < -0.3 is 25.0 Å². The molecule has 1 saturated carbocycles. The van der Waals surface area contributed by atoms with Crippen LogP contribution in [0.2, 0.25) is 5.02 Å². The van der Waals surface area contributed by atoms with Gasteiger partial charge in [0.25, 0.3) is 0 Å². The first-order valence-corrected chi connectivity index (χ1v) is 10.7. The van der Waals surface area contributed by atoms with Crippen molar-refractivity contribution in [2.45, 2.75) is 37.1 Å². The molecule has 1 aliphatic carbocycles. The molecule has 164 valence electrons. The van der Waals surface area contributed by atoms with Crippen LogP contribution in [0.4, 0.5) is 16.0 Å². The Bertz CT molecular complexity index is 1070. The Morgan fingerprint density at radius 2 is 2.03 bits per heavy atom. The van der Waals surface area contributed by atoms with E-state index in [9.17, 15) is 14.6 Å². The lowest BCUT2D eigenvalue weighted by molar-refractivity contribution is 0.00271. The highest BCUT2D eigenvalue weighted by atomic mass is 35.5. The van der Waals surface area contributed by atoms with Crippen molar-refractivity contribution in [2.24, 2.45) is 5.92 Å². The molecule has 0 spiro atoms. The highest BCUT2D eigenvalue weighted by Crippen LogP contribution is 2.37. The van der Waals surface area contributed by atoms with Gasteiger partial charge in [-0.3, -0.25) is 4.39 Å². The third-order valence-electron chi connectivity index (χ3n) is 6.25. The van der Waals surface area contributed by atoms with Gasteiger partial charge in [-0.05, 0) is 25.0 Å². The number of aliphatic hydroxyl groups is 2. The van der Waals surface area contributed by atoms with Crippen molar-refractivity contribution < 1.29 is 14.6 Å². The highest BCUT2D eigenvalue weighted by molar-refractivity contribution is 6.30. The quantitative estimate of drug-likeness (QED) is 0.543. The van der Waals surface area contributed by atoms with Gasteiger partial charge in [-0.2, -0.15) is 0 Å². The summed E-state index contributed by atoms with van der Waals surface area (Å²) < 4.78 is 14.9. The van der Waals surface area contributed by atoms with Gasteiger partial charge in [-0.15, -0.1) is 0 Å². The number of aromatic nitrogens is 5. The molecule has 0 radical (unpaired) electrons. The van der Waals surface area contributed by atoms with E-state index in [0.717, 1.165) is 25.3 Å².